The number of piperazine rings is 1. The number of likely N-dealkylation sites (tertiary alicyclic amines) is 1. The SMILES string of the molecule is O=C(CN1CCN(c2ccccc2)CC1)NC1CCN(Cc2ccccc2)C1. The molecule has 0 spiro atoms. The van der Waals surface area contributed by atoms with Crippen molar-refractivity contribution in [1.82, 2.24) is 15.1 Å². The number of rotatable bonds is 6. The van der Waals surface area contributed by atoms with Crippen LogP contribution < -0.4 is 10.2 Å². The van der Waals surface area contributed by atoms with E-state index in [1.807, 2.05) is 6.07 Å². The van der Waals surface area contributed by atoms with E-state index in [2.05, 4.69) is 74.6 Å². The molecule has 0 radical (unpaired) electrons. The Morgan fingerprint density at radius 3 is 2.25 bits per heavy atom. The minimum absolute atomic E-state index is 0.166. The van der Waals surface area contributed by atoms with Crippen molar-refractivity contribution in [3.63, 3.8) is 0 Å². The molecule has 2 heterocycles. The fourth-order valence-electron chi connectivity index (χ4n) is 4.22. The molecule has 1 N–H and O–H groups in total. The van der Waals surface area contributed by atoms with Crippen LogP contribution in [0.15, 0.2) is 60.7 Å². The normalized spacial score (nSPS) is 21.0. The summed E-state index contributed by atoms with van der Waals surface area (Å²) >= 11 is 0. The van der Waals surface area contributed by atoms with Gasteiger partial charge in [0.15, 0.2) is 0 Å². The van der Waals surface area contributed by atoms with Crippen LogP contribution in [-0.4, -0.2) is 67.6 Å². The lowest BCUT2D eigenvalue weighted by Crippen LogP contribution is -2.50. The van der Waals surface area contributed by atoms with Gasteiger partial charge in [-0.15, -0.1) is 0 Å². The number of hydrogen-bond acceptors (Lipinski definition) is 4. The van der Waals surface area contributed by atoms with E-state index in [0.29, 0.717) is 6.54 Å². The zero-order chi connectivity index (χ0) is 19.2. The lowest BCUT2D eigenvalue weighted by atomic mass is 10.2. The van der Waals surface area contributed by atoms with E-state index in [1.54, 1.807) is 0 Å². The van der Waals surface area contributed by atoms with E-state index < -0.39 is 0 Å². The molecular weight excluding hydrogens is 348 g/mol. The van der Waals surface area contributed by atoms with Crippen LogP contribution >= 0.6 is 0 Å². The number of hydrogen-bond donors (Lipinski definition) is 1. The maximum absolute atomic E-state index is 12.5. The van der Waals surface area contributed by atoms with E-state index in [-0.39, 0.29) is 11.9 Å². The maximum Gasteiger partial charge on any atom is 0.234 e. The lowest BCUT2D eigenvalue weighted by molar-refractivity contribution is -0.122. The molecule has 1 atom stereocenters. The highest BCUT2D eigenvalue weighted by Gasteiger charge is 2.25. The summed E-state index contributed by atoms with van der Waals surface area (Å²) in [6, 6.07) is 21.4. The van der Waals surface area contributed by atoms with Gasteiger partial charge in [-0.25, -0.2) is 0 Å². The highest BCUT2D eigenvalue weighted by Crippen LogP contribution is 2.16. The Balaban J connectivity index is 1.17. The van der Waals surface area contributed by atoms with Gasteiger partial charge in [-0.1, -0.05) is 48.5 Å². The summed E-state index contributed by atoms with van der Waals surface area (Å²) in [6.45, 7) is 7.31. The standard InChI is InChI=1S/C23H30N4O/c28-23(19-25-13-15-27(16-14-25)22-9-5-2-6-10-22)24-21-11-12-26(18-21)17-20-7-3-1-4-8-20/h1-10,21H,11-19H2,(H,24,28). The summed E-state index contributed by atoms with van der Waals surface area (Å²) in [7, 11) is 0. The summed E-state index contributed by atoms with van der Waals surface area (Å²) in [5.41, 5.74) is 2.61. The van der Waals surface area contributed by atoms with E-state index in [4.69, 9.17) is 0 Å². The number of carbonyl (C=O) groups is 1. The average Bonchev–Trinajstić information content (AvgIpc) is 3.16. The van der Waals surface area contributed by atoms with Crippen molar-refractivity contribution in [3.8, 4) is 0 Å². The third-order valence-corrected chi connectivity index (χ3v) is 5.75. The zero-order valence-electron chi connectivity index (χ0n) is 16.5. The van der Waals surface area contributed by atoms with Crippen LogP contribution in [-0.2, 0) is 11.3 Å². The number of anilines is 1. The van der Waals surface area contributed by atoms with Gasteiger partial charge in [-0.05, 0) is 24.1 Å². The third kappa shape index (κ3) is 5.12. The maximum atomic E-state index is 12.5. The van der Waals surface area contributed by atoms with Gasteiger partial charge in [0.05, 0.1) is 6.54 Å². The zero-order valence-corrected chi connectivity index (χ0v) is 16.5. The van der Waals surface area contributed by atoms with E-state index in [0.717, 1.165) is 52.2 Å². The molecule has 28 heavy (non-hydrogen) atoms. The predicted molar refractivity (Wildman–Crippen MR) is 113 cm³/mol. The Morgan fingerprint density at radius 1 is 0.857 bits per heavy atom. The Hall–Kier alpha value is -2.37. The molecule has 0 aliphatic carbocycles. The summed E-state index contributed by atoms with van der Waals surface area (Å²) in [4.78, 5) is 19.6. The van der Waals surface area contributed by atoms with Crippen LogP contribution in [0.4, 0.5) is 5.69 Å². The first-order valence-corrected chi connectivity index (χ1v) is 10.3. The van der Waals surface area contributed by atoms with Crippen molar-refractivity contribution < 1.29 is 4.79 Å². The summed E-state index contributed by atoms with van der Waals surface area (Å²) in [5.74, 6) is 0.166. The van der Waals surface area contributed by atoms with Gasteiger partial charge in [0.25, 0.3) is 0 Å². The fraction of sp³-hybridized carbons (Fsp3) is 0.435. The quantitative estimate of drug-likeness (QED) is 0.837. The second-order valence-electron chi connectivity index (χ2n) is 7.87. The highest BCUT2D eigenvalue weighted by molar-refractivity contribution is 5.78. The number of benzene rings is 2. The first kappa shape index (κ1) is 19.0. The molecule has 0 bridgehead atoms. The summed E-state index contributed by atoms with van der Waals surface area (Å²) in [6.07, 6.45) is 1.04. The largest absolute Gasteiger partial charge is 0.369 e. The predicted octanol–water partition coefficient (Wildman–Crippen LogP) is 2.20. The molecule has 0 saturated carbocycles. The van der Waals surface area contributed by atoms with Gasteiger partial charge in [-0.2, -0.15) is 0 Å². The van der Waals surface area contributed by atoms with Crippen molar-refractivity contribution in [2.24, 2.45) is 0 Å². The number of para-hydroxylation sites is 1. The van der Waals surface area contributed by atoms with Crippen LogP contribution in [0.25, 0.3) is 0 Å². The lowest BCUT2D eigenvalue weighted by Gasteiger charge is -2.35. The molecule has 5 heteroatoms. The first-order chi connectivity index (χ1) is 13.8. The molecule has 0 aromatic heterocycles. The molecular formula is C23H30N4O. The molecule has 2 aromatic rings. The van der Waals surface area contributed by atoms with Crippen LogP contribution in [0, 0.1) is 0 Å². The Morgan fingerprint density at radius 2 is 1.54 bits per heavy atom. The van der Waals surface area contributed by atoms with E-state index >= 15 is 0 Å². The van der Waals surface area contributed by atoms with E-state index in [1.165, 1.54) is 11.3 Å². The topological polar surface area (TPSA) is 38.8 Å². The molecule has 2 aliphatic heterocycles. The van der Waals surface area contributed by atoms with Crippen molar-refractivity contribution >= 4 is 11.6 Å². The molecule has 2 saturated heterocycles. The fourth-order valence-corrected chi connectivity index (χ4v) is 4.22. The Kier molecular flexibility index (Phi) is 6.24. The summed E-state index contributed by atoms with van der Waals surface area (Å²) < 4.78 is 0. The van der Waals surface area contributed by atoms with Gasteiger partial charge < -0.3 is 10.2 Å². The molecule has 2 aliphatic rings. The second kappa shape index (κ2) is 9.22. The van der Waals surface area contributed by atoms with Gasteiger partial charge in [0.1, 0.15) is 0 Å². The van der Waals surface area contributed by atoms with Crippen molar-refractivity contribution in [3.05, 3.63) is 66.2 Å². The minimum Gasteiger partial charge on any atom is -0.369 e. The molecule has 1 amide bonds. The summed E-state index contributed by atoms with van der Waals surface area (Å²) in [5, 5.41) is 3.25. The minimum atomic E-state index is 0.166. The van der Waals surface area contributed by atoms with Crippen LogP contribution in [0.1, 0.15) is 12.0 Å². The average molecular weight is 379 g/mol. The van der Waals surface area contributed by atoms with Gasteiger partial charge in [0, 0.05) is 57.5 Å². The molecule has 2 aromatic carbocycles. The molecule has 148 valence electrons. The number of carbonyl (C=O) groups excluding carboxylic acids is 1. The Bertz CT molecular complexity index is 738. The number of amides is 1. The monoisotopic (exact) mass is 378 g/mol. The van der Waals surface area contributed by atoms with Gasteiger partial charge in [-0.3, -0.25) is 14.6 Å². The van der Waals surface area contributed by atoms with Gasteiger partial charge in [0.2, 0.25) is 5.91 Å². The van der Waals surface area contributed by atoms with Crippen molar-refractivity contribution in [2.75, 3.05) is 50.7 Å². The molecule has 5 nitrogen and oxygen atoms in total. The first-order valence-electron chi connectivity index (χ1n) is 10.3. The molecule has 1 unspecified atom stereocenters. The molecule has 4 rings (SSSR count). The molecule has 2 fully saturated rings. The van der Waals surface area contributed by atoms with Gasteiger partial charge >= 0.3 is 0 Å². The number of nitrogens with zero attached hydrogens (tertiary/aromatic N) is 3. The smallest absolute Gasteiger partial charge is 0.234 e. The highest BCUT2D eigenvalue weighted by atomic mass is 16.2. The third-order valence-electron chi connectivity index (χ3n) is 5.75. The van der Waals surface area contributed by atoms with Crippen LogP contribution in [0.3, 0.4) is 0 Å². The van der Waals surface area contributed by atoms with Crippen LogP contribution in [0.5, 0.6) is 0 Å². The van der Waals surface area contributed by atoms with Crippen molar-refractivity contribution in [2.45, 2.75) is 19.0 Å². The van der Waals surface area contributed by atoms with Crippen molar-refractivity contribution in [1.29, 1.82) is 0 Å². The number of nitrogens with one attached hydrogen (secondary N) is 1. The Labute approximate surface area is 167 Å². The second-order valence-corrected chi connectivity index (χ2v) is 7.87. The van der Waals surface area contributed by atoms with Crippen LogP contribution in [0.2, 0.25) is 0 Å². The van der Waals surface area contributed by atoms with E-state index in [9.17, 15) is 4.79 Å².